The SMILES string of the molecule is CN=C(NCC(=O)Nc1cccc(F)c1)N1CCN(C(C)C(F)(F)F)CC1. The molecule has 6 nitrogen and oxygen atoms in total. The summed E-state index contributed by atoms with van der Waals surface area (Å²) < 4.78 is 51.6. The largest absolute Gasteiger partial charge is 0.403 e. The zero-order valence-electron chi connectivity index (χ0n) is 15.2. The van der Waals surface area contributed by atoms with Crippen LogP contribution < -0.4 is 10.6 Å². The van der Waals surface area contributed by atoms with Gasteiger partial charge in [-0.05, 0) is 25.1 Å². The van der Waals surface area contributed by atoms with Crippen LogP contribution in [0.4, 0.5) is 23.2 Å². The van der Waals surface area contributed by atoms with Crippen LogP contribution in [0.25, 0.3) is 0 Å². The molecule has 2 N–H and O–H groups in total. The molecule has 1 aromatic rings. The van der Waals surface area contributed by atoms with Gasteiger partial charge in [0.1, 0.15) is 11.9 Å². The third-order valence-corrected chi connectivity index (χ3v) is 4.36. The lowest BCUT2D eigenvalue weighted by atomic mass is 10.2. The lowest BCUT2D eigenvalue weighted by molar-refractivity contribution is -0.181. The van der Waals surface area contributed by atoms with Crippen molar-refractivity contribution in [3.63, 3.8) is 0 Å². The van der Waals surface area contributed by atoms with Crippen molar-refractivity contribution < 1.29 is 22.4 Å². The predicted molar refractivity (Wildman–Crippen MR) is 95.1 cm³/mol. The molecule has 27 heavy (non-hydrogen) atoms. The second-order valence-corrected chi connectivity index (χ2v) is 6.20. The average Bonchev–Trinajstić information content (AvgIpc) is 2.61. The molecule has 1 unspecified atom stereocenters. The highest BCUT2D eigenvalue weighted by Gasteiger charge is 2.41. The molecule has 150 valence electrons. The summed E-state index contributed by atoms with van der Waals surface area (Å²) in [5, 5.41) is 5.43. The summed E-state index contributed by atoms with van der Waals surface area (Å²) in [6.07, 6.45) is -4.25. The number of aliphatic imine (C=N–C) groups is 1. The molecular formula is C17H23F4N5O. The minimum Gasteiger partial charge on any atom is -0.347 e. The van der Waals surface area contributed by atoms with E-state index >= 15 is 0 Å². The van der Waals surface area contributed by atoms with Gasteiger partial charge in [0.05, 0.1) is 6.54 Å². The lowest BCUT2D eigenvalue weighted by Gasteiger charge is -2.39. The fraction of sp³-hybridized carbons (Fsp3) is 0.529. The maximum Gasteiger partial charge on any atom is 0.403 e. The zero-order valence-corrected chi connectivity index (χ0v) is 15.2. The van der Waals surface area contributed by atoms with E-state index < -0.39 is 18.0 Å². The van der Waals surface area contributed by atoms with E-state index in [2.05, 4.69) is 15.6 Å². The number of guanidine groups is 1. The minimum absolute atomic E-state index is 0.0949. The summed E-state index contributed by atoms with van der Waals surface area (Å²) in [6, 6.07) is 4.03. The Balaban J connectivity index is 1.81. The van der Waals surface area contributed by atoms with Gasteiger partial charge in [-0.2, -0.15) is 13.2 Å². The van der Waals surface area contributed by atoms with Crippen LogP contribution in [0.3, 0.4) is 0 Å². The zero-order chi connectivity index (χ0) is 20.0. The Hall–Kier alpha value is -2.36. The average molecular weight is 389 g/mol. The Morgan fingerprint density at radius 1 is 1.26 bits per heavy atom. The number of hydrogen-bond donors (Lipinski definition) is 2. The molecule has 0 spiro atoms. The second kappa shape index (κ2) is 9.03. The number of benzene rings is 1. The van der Waals surface area contributed by atoms with E-state index in [-0.39, 0.29) is 25.5 Å². The first-order chi connectivity index (χ1) is 12.7. The van der Waals surface area contributed by atoms with E-state index in [0.717, 1.165) is 6.92 Å². The number of piperazine rings is 1. The maximum atomic E-state index is 13.1. The van der Waals surface area contributed by atoms with E-state index in [1.54, 1.807) is 11.0 Å². The van der Waals surface area contributed by atoms with Crippen LogP contribution in [0.15, 0.2) is 29.3 Å². The van der Waals surface area contributed by atoms with Gasteiger partial charge in [0.25, 0.3) is 0 Å². The van der Waals surface area contributed by atoms with Crippen LogP contribution in [0.2, 0.25) is 0 Å². The van der Waals surface area contributed by atoms with Crippen molar-refractivity contribution in [2.24, 2.45) is 4.99 Å². The predicted octanol–water partition coefficient (Wildman–Crippen LogP) is 1.91. The number of nitrogens with zero attached hydrogens (tertiary/aromatic N) is 3. The first-order valence-corrected chi connectivity index (χ1v) is 8.52. The van der Waals surface area contributed by atoms with Gasteiger partial charge in [-0.1, -0.05) is 6.07 Å². The Bertz CT molecular complexity index is 672. The molecule has 1 saturated heterocycles. The molecule has 1 aliphatic rings. The van der Waals surface area contributed by atoms with Crippen molar-refractivity contribution in [1.29, 1.82) is 0 Å². The molecule has 2 rings (SSSR count). The Kier molecular flexibility index (Phi) is 7.00. The van der Waals surface area contributed by atoms with Gasteiger partial charge in [0.15, 0.2) is 5.96 Å². The molecule has 1 atom stereocenters. The van der Waals surface area contributed by atoms with Gasteiger partial charge in [0.2, 0.25) is 5.91 Å². The van der Waals surface area contributed by atoms with Crippen LogP contribution in [-0.4, -0.2) is 73.7 Å². The Morgan fingerprint density at radius 2 is 1.93 bits per heavy atom. The van der Waals surface area contributed by atoms with E-state index in [9.17, 15) is 22.4 Å². The number of amides is 1. The summed E-state index contributed by atoms with van der Waals surface area (Å²) in [6.45, 7) is 2.28. The minimum atomic E-state index is -4.25. The summed E-state index contributed by atoms with van der Waals surface area (Å²) in [4.78, 5) is 19.2. The Labute approximate surface area is 155 Å². The van der Waals surface area contributed by atoms with Crippen LogP contribution in [-0.2, 0) is 4.79 Å². The number of carbonyl (C=O) groups excluding carboxylic acids is 1. The van der Waals surface area contributed by atoms with Crippen LogP contribution in [0.1, 0.15) is 6.92 Å². The molecule has 0 aliphatic carbocycles. The van der Waals surface area contributed by atoms with E-state index in [4.69, 9.17) is 0 Å². The van der Waals surface area contributed by atoms with Crippen molar-refractivity contribution in [3.8, 4) is 0 Å². The number of carbonyl (C=O) groups is 1. The number of halogens is 4. The van der Waals surface area contributed by atoms with Gasteiger partial charge in [-0.15, -0.1) is 0 Å². The summed E-state index contributed by atoms with van der Waals surface area (Å²) in [5.41, 5.74) is 0.339. The van der Waals surface area contributed by atoms with E-state index in [1.807, 2.05) is 0 Å². The smallest absolute Gasteiger partial charge is 0.347 e. The molecule has 1 aliphatic heterocycles. The number of rotatable bonds is 4. The van der Waals surface area contributed by atoms with Crippen LogP contribution in [0.5, 0.6) is 0 Å². The molecule has 10 heteroatoms. The third kappa shape index (κ3) is 6.09. The number of anilines is 1. The summed E-state index contributed by atoms with van der Waals surface area (Å²) >= 11 is 0. The monoisotopic (exact) mass is 389 g/mol. The standard InChI is InChI=1S/C17H23F4N5O/c1-12(17(19,20)21)25-6-8-26(9-7-25)16(22-2)23-11-15(27)24-14-5-3-4-13(18)10-14/h3-5,10,12H,6-9,11H2,1-2H3,(H,22,23)(H,24,27). The molecule has 1 heterocycles. The van der Waals surface area contributed by atoms with Gasteiger partial charge in [0, 0.05) is 38.9 Å². The van der Waals surface area contributed by atoms with Crippen molar-refractivity contribution in [3.05, 3.63) is 30.1 Å². The fourth-order valence-electron chi connectivity index (χ4n) is 2.79. The maximum absolute atomic E-state index is 13.1. The summed E-state index contributed by atoms with van der Waals surface area (Å²) in [7, 11) is 1.54. The molecular weight excluding hydrogens is 366 g/mol. The third-order valence-electron chi connectivity index (χ3n) is 4.36. The summed E-state index contributed by atoms with van der Waals surface area (Å²) in [5.74, 6) is -0.405. The normalized spacial score (nSPS) is 17.6. The van der Waals surface area contributed by atoms with Crippen molar-refractivity contribution >= 4 is 17.6 Å². The first-order valence-electron chi connectivity index (χ1n) is 8.52. The van der Waals surface area contributed by atoms with Crippen LogP contribution >= 0.6 is 0 Å². The molecule has 1 aromatic carbocycles. The number of hydrogen-bond acceptors (Lipinski definition) is 3. The van der Waals surface area contributed by atoms with Crippen molar-refractivity contribution in [1.82, 2.24) is 15.1 Å². The van der Waals surface area contributed by atoms with Gasteiger partial charge in [-0.25, -0.2) is 4.39 Å². The van der Waals surface area contributed by atoms with Gasteiger partial charge in [-0.3, -0.25) is 14.7 Å². The highest BCUT2D eigenvalue weighted by atomic mass is 19.4. The van der Waals surface area contributed by atoms with Crippen LogP contribution in [0, 0.1) is 5.82 Å². The highest BCUT2D eigenvalue weighted by Crippen LogP contribution is 2.25. The molecule has 0 saturated carbocycles. The van der Waals surface area contributed by atoms with Gasteiger partial charge < -0.3 is 15.5 Å². The molecule has 0 aromatic heterocycles. The molecule has 1 fully saturated rings. The number of nitrogens with one attached hydrogen (secondary N) is 2. The first kappa shape index (κ1) is 20.9. The quantitative estimate of drug-likeness (QED) is 0.469. The fourth-order valence-corrected chi connectivity index (χ4v) is 2.79. The lowest BCUT2D eigenvalue weighted by Crippen LogP contribution is -2.57. The molecule has 1 amide bonds. The second-order valence-electron chi connectivity index (χ2n) is 6.20. The van der Waals surface area contributed by atoms with Crippen molar-refractivity contribution in [2.75, 3.05) is 45.1 Å². The van der Waals surface area contributed by atoms with Gasteiger partial charge >= 0.3 is 6.18 Å². The van der Waals surface area contributed by atoms with Crippen molar-refractivity contribution in [2.45, 2.75) is 19.1 Å². The highest BCUT2D eigenvalue weighted by molar-refractivity contribution is 5.95. The molecule has 0 bridgehead atoms. The topological polar surface area (TPSA) is 60.0 Å². The Morgan fingerprint density at radius 3 is 2.48 bits per heavy atom. The molecule has 0 radical (unpaired) electrons. The van der Waals surface area contributed by atoms with E-state index in [1.165, 1.54) is 30.1 Å². The number of alkyl halides is 3. The van der Waals surface area contributed by atoms with E-state index in [0.29, 0.717) is 24.7 Å².